The second-order valence-corrected chi connectivity index (χ2v) is 6.75. The Kier molecular flexibility index (Phi) is 4.33. The Morgan fingerprint density at radius 3 is 3.07 bits per heavy atom. The van der Waals surface area contributed by atoms with Crippen LogP contribution in [-0.4, -0.2) is 49.1 Å². The third kappa shape index (κ3) is 3.15. The summed E-state index contributed by atoms with van der Waals surface area (Å²) in [5.74, 6) is -0.815. The molecule has 2 aromatic heterocycles. The number of aliphatic hydroxyl groups is 1. The fourth-order valence-corrected chi connectivity index (χ4v) is 3.42. The minimum atomic E-state index is -0.756. The van der Waals surface area contributed by atoms with Gasteiger partial charge in [-0.1, -0.05) is 17.7 Å². The minimum absolute atomic E-state index is 0.0978. The topological polar surface area (TPSA) is 114 Å². The van der Waals surface area contributed by atoms with Crippen LogP contribution in [0, 0.1) is 0 Å². The van der Waals surface area contributed by atoms with Crippen LogP contribution in [0.1, 0.15) is 26.7 Å². The minimum Gasteiger partial charge on any atom is -0.389 e. The number of carbonyl (C=O) groups excluding carboxylic acids is 2. The summed E-state index contributed by atoms with van der Waals surface area (Å²) in [6.45, 7) is 0.454. The predicted octanol–water partition coefficient (Wildman–Crippen LogP) is 0.457. The number of amides is 2. The first kappa shape index (κ1) is 17.5. The van der Waals surface area contributed by atoms with Gasteiger partial charge < -0.3 is 15.7 Å². The van der Waals surface area contributed by atoms with Gasteiger partial charge in [0.05, 0.1) is 35.4 Å². The summed E-state index contributed by atoms with van der Waals surface area (Å²) < 4.78 is 3.04. The molecule has 3 aromatic rings. The molecule has 0 bridgehead atoms. The van der Waals surface area contributed by atoms with E-state index < -0.39 is 12.0 Å². The van der Waals surface area contributed by atoms with Crippen molar-refractivity contribution in [3.8, 4) is 0 Å². The molecule has 3 heterocycles. The maximum atomic E-state index is 12.5. The largest absolute Gasteiger partial charge is 0.389 e. The molecule has 1 atom stereocenters. The highest BCUT2D eigenvalue weighted by atomic mass is 35.5. The Bertz CT molecular complexity index is 1060. The lowest BCUT2D eigenvalue weighted by atomic mass is 10.2. The lowest BCUT2D eigenvalue weighted by Crippen LogP contribution is -2.30. The van der Waals surface area contributed by atoms with Gasteiger partial charge in [-0.15, -0.1) is 0 Å². The summed E-state index contributed by atoms with van der Waals surface area (Å²) in [5.41, 5.74) is 1.84. The Morgan fingerprint density at radius 1 is 1.44 bits per heavy atom. The number of halogens is 1. The Hall–Kier alpha value is -2.91. The highest BCUT2D eigenvalue weighted by Crippen LogP contribution is 2.26. The number of rotatable bonds is 3. The lowest BCUT2D eigenvalue weighted by Gasteiger charge is -2.06. The van der Waals surface area contributed by atoms with Crippen molar-refractivity contribution < 1.29 is 14.7 Å². The number of hydrogen-bond donors (Lipinski definition) is 3. The van der Waals surface area contributed by atoms with E-state index in [4.69, 9.17) is 11.6 Å². The molecule has 1 aliphatic rings. The van der Waals surface area contributed by atoms with Gasteiger partial charge in [0, 0.05) is 25.0 Å². The average molecular weight is 389 g/mol. The first-order valence-corrected chi connectivity index (χ1v) is 8.74. The van der Waals surface area contributed by atoms with E-state index in [1.807, 2.05) is 12.1 Å². The maximum Gasteiger partial charge on any atom is 0.272 e. The van der Waals surface area contributed by atoms with Crippen molar-refractivity contribution in [1.29, 1.82) is 0 Å². The van der Waals surface area contributed by atoms with E-state index in [0.717, 1.165) is 10.9 Å². The molecule has 0 saturated heterocycles. The van der Waals surface area contributed by atoms with E-state index >= 15 is 0 Å². The standard InChI is InChI=1S/C17H17ClN6O3/c1-23-13-4-2-3-10(18)15(13)12(21-23)7-20-16(26)11-5-14-17(27)19-6-9(25)8-24(14)22-11/h2-5,9,25H,6-8H2,1H3,(H,19,27)(H,20,26). The van der Waals surface area contributed by atoms with Crippen LogP contribution in [0.5, 0.6) is 0 Å². The first-order chi connectivity index (χ1) is 12.9. The summed E-state index contributed by atoms with van der Waals surface area (Å²) in [6.07, 6.45) is -0.756. The average Bonchev–Trinajstić information content (AvgIpc) is 3.16. The van der Waals surface area contributed by atoms with E-state index in [0.29, 0.717) is 10.7 Å². The summed E-state index contributed by atoms with van der Waals surface area (Å²) in [6, 6.07) is 6.92. The highest BCUT2D eigenvalue weighted by Gasteiger charge is 2.24. The number of carbonyl (C=O) groups is 2. The van der Waals surface area contributed by atoms with Crippen molar-refractivity contribution in [2.45, 2.75) is 19.2 Å². The number of benzene rings is 1. The summed E-state index contributed by atoms with van der Waals surface area (Å²) in [7, 11) is 1.81. The molecule has 0 saturated carbocycles. The molecule has 140 valence electrons. The number of aryl methyl sites for hydroxylation is 1. The summed E-state index contributed by atoms with van der Waals surface area (Å²) >= 11 is 6.27. The van der Waals surface area contributed by atoms with Crippen LogP contribution in [0.4, 0.5) is 0 Å². The molecule has 4 rings (SSSR count). The number of nitrogens with zero attached hydrogens (tertiary/aromatic N) is 4. The van der Waals surface area contributed by atoms with Gasteiger partial charge in [-0.25, -0.2) is 0 Å². The van der Waals surface area contributed by atoms with Crippen LogP contribution in [0.15, 0.2) is 24.3 Å². The third-order valence-electron chi connectivity index (χ3n) is 4.44. The van der Waals surface area contributed by atoms with Gasteiger partial charge in [0.1, 0.15) is 5.69 Å². The van der Waals surface area contributed by atoms with Gasteiger partial charge in [0.15, 0.2) is 5.69 Å². The van der Waals surface area contributed by atoms with Crippen LogP contribution in [0.2, 0.25) is 5.02 Å². The van der Waals surface area contributed by atoms with E-state index in [1.165, 1.54) is 10.7 Å². The molecular formula is C17H17ClN6O3. The molecule has 9 nitrogen and oxygen atoms in total. The highest BCUT2D eigenvalue weighted by molar-refractivity contribution is 6.35. The number of aromatic nitrogens is 4. The zero-order valence-electron chi connectivity index (χ0n) is 14.4. The number of fused-ring (bicyclic) bond motifs is 2. The molecule has 10 heteroatoms. The van der Waals surface area contributed by atoms with Crippen molar-refractivity contribution in [3.63, 3.8) is 0 Å². The van der Waals surface area contributed by atoms with E-state index in [2.05, 4.69) is 20.8 Å². The SMILES string of the molecule is Cn1nc(CNC(=O)c2cc3n(n2)CC(O)CNC3=O)c2c(Cl)cccc21. The maximum absolute atomic E-state index is 12.5. The number of hydrogen-bond acceptors (Lipinski definition) is 5. The van der Waals surface area contributed by atoms with Gasteiger partial charge in [0.25, 0.3) is 11.8 Å². The van der Waals surface area contributed by atoms with Crippen molar-refractivity contribution in [2.75, 3.05) is 6.54 Å². The molecule has 1 unspecified atom stereocenters. The fraction of sp³-hybridized carbons (Fsp3) is 0.294. The van der Waals surface area contributed by atoms with E-state index in [1.54, 1.807) is 17.8 Å². The molecule has 0 radical (unpaired) electrons. The molecule has 27 heavy (non-hydrogen) atoms. The molecular weight excluding hydrogens is 372 g/mol. The molecule has 1 aromatic carbocycles. The van der Waals surface area contributed by atoms with Crippen molar-refractivity contribution in [1.82, 2.24) is 30.2 Å². The van der Waals surface area contributed by atoms with E-state index in [9.17, 15) is 14.7 Å². The third-order valence-corrected chi connectivity index (χ3v) is 4.76. The molecule has 2 amide bonds. The lowest BCUT2D eigenvalue weighted by molar-refractivity contribution is 0.0931. The van der Waals surface area contributed by atoms with Crippen molar-refractivity contribution >= 4 is 34.3 Å². The molecule has 0 aliphatic carbocycles. The Morgan fingerprint density at radius 2 is 2.26 bits per heavy atom. The second kappa shape index (κ2) is 6.67. The van der Waals surface area contributed by atoms with Gasteiger partial charge in [-0.05, 0) is 12.1 Å². The second-order valence-electron chi connectivity index (χ2n) is 6.35. The molecule has 1 aliphatic heterocycles. The number of β-amino-alcohol motifs (C(OH)–C–C–N with tert-alkyl or cyclic N) is 1. The van der Waals surface area contributed by atoms with Gasteiger partial charge >= 0.3 is 0 Å². The zero-order chi connectivity index (χ0) is 19.1. The van der Waals surface area contributed by atoms with Gasteiger partial charge in [-0.3, -0.25) is 19.0 Å². The quantitative estimate of drug-likeness (QED) is 0.603. The monoisotopic (exact) mass is 388 g/mol. The van der Waals surface area contributed by atoms with Gasteiger partial charge in [0.2, 0.25) is 0 Å². The molecule has 0 spiro atoms. The van der Waals surface area contributed by atoms with Crippen molar-refractivity contribution in [2.24, 2.45) is 7.05 Å². The van der Waals surface area contributed by atoms with Gasteiger partial charge in [-0.2, -0.15) is 10.2 Å². The summed E-state index contributed by atoms with van der Waals surface area (Å²) in [5, 5.41) is 25.0. The zero-order valence-corrected chi connectivity index (χ0v) is 15.2. The Labute approximate surface area is 158 Å². The molecule has 3 N–H and O–H groups in total. The number of nitrogens with one attached hydrogen (secondary N) is 2. The number of aliphatic hydroxyl groups excluding tert-OH is 1. The predicted molar refractivity (Wildman–Crippen MR) is 97.5 cm³/mol. The van der Waals surface area contributed by atoms with Crippen LogP contribution < -0.4 is 10.6 Å². The fourth-order valence-electron chi connectivity index (χ4n) is 3.15. The summed E-state index contributed by atoms with van der Waals surface area (Å²) in [4.78, 5) is 24.5. The Balaban J connectivity index is 1.55. The normalized spacial score (nSPS) is 16.7. The van der Waals surface area contributed by atoms with Crippen LogP contribution in [-0.2, 0) is 20.1 Å². The van der Waals surface area contributed by atoms with E-state index in [-0.39, 0.29) is 36.9 Å². The first-order valence-electron chi connectivity index (χ1n) is 8.36. The van der Waals surface area contributed by atoms with Crippen LogP contribution in [0.25, 0.3) is 10.9 Å². The van der Waals surface area contributed by atoms with Crippen molar-refractivity contribution in [3.05, 3.63) is 46.4 Å². The van der Waals surface area contributed by atoms with Crippen LogP contribution >= 0.6 is 11.6 Å². The van der Waals surface area contributed by atoms with Crippen LogP contribution in [0.3, 0.4) is 0 Å². The molecule has 0 fully saturated rings. The smallest absolute Gasteiger partial charge is 0.272 e.